The van der Waals surface area contributed by atoms with Gasteiger partial charge in [-0.05, 0) is 12.8 Å². The fourth-order valence-corrected chi connectivity index (χ4v) is 1.65. The lowest BCUT2D eigenvalue weighted by Crippen LogP contribution is -2.34. The van der Waals surface area contributed by atoms with Crippen LogP contribution in [0.4, 0.5) is 4.79 Å². The van der Waals surface area contributed by atoms with Crippen LogP contribution in [-0.2, 0) is 18.3 Å². The third kappa shape index (κ3) is 2.97. The van der Waals surface area contributed by atoms with Crippen LogP contribution in [0.5, 0.6) is 0 Å². The number of nitrogens with zero attached hydrogens (tertiary/aromatic N) is 3. The van der Waals surface area contributed by atoms with Gasteiger partial charge in [0.15, 0.2) is 0 Å². The summed E-state index contributed by atoms with van der Waals surface area (Å²) in [6.45, 7) is 0.355. The summed E-state index contributed by atoms with van der Waals surface area (Å²) < 4.78 is 6.83. The highest BCUT2D eigenvalue weighted by Gasteiger charge is 2.34. The molecule has 6 nitrogen and oxygen atoms in total. The van der Waals surface area contributed by atoms with E-state index < -0.39 is 0 Å². The predicted octanol–water partition coefficient (Wildman–Crippen LogP) is 0.513. The molecule has 0 radical (unpaired) electrons. The predicted molar refractivity (Wildman–Crippen MR) is 60.2 cm³/mol. The van der Waals surface area contributed by atoms with E-state index in [-0.39, 0.29) is 25.3 Å². The van der Waals surface area contributed by atoms with Gasteiger partial charge in [-0.15, -0.1) is 0 Å². The fourth-order valence-electron chi connectivity index (χ4n) is 1.65. The number of aryl methyl sites for hydroxylation is 1. The molecule has 1 aromatic heterocycles. The van der Waals surface area contributed by atoms with E-state index in [1.165, 1.54) is 0 Å². The van der Waals surface area contributed by atoms with Gasteiger partial charge in [-0.3, -0.25) is 4.90 Å². The van der Waals surface area contributed by atoms with Crippen molar-refractivity contribution in [3.63, 3.8) is 0 Å². The second kappa shape index (κ2) is 5.18. The molecule has 6 heteroatoms. The Bertz CT molecular complexity index is 387. The van der Waals surface area contributed by atoms with Gasteiger partial charge in [-0.25, -0.2) is 9.78 Å². The van der Waals surface area contributed by atoms with Crippen molar-refractivity contribution < 1.29 is 14.6 Å². The number of hydrogen-bond acceptors (Lipinski definition) is 4. The molecule has 1 N–H and O–H groups in total. The molecule has 0 atom stereocenters. The Kier molecular flexibility index (Phi) is 3.63. The zero-order chi connectivity index (χ0) is 12.3. The van der Waals surface area contributed by atoms with Gasteiger partial charge in [-0.2, -0.15) is 0 Å². The lowest BCUT2D eigenvalue weighted by molar-refractivity contribution is 0.0787. The molecule has 0 bridgehead atoms. The Morgan fingerprint density at radius 2 is 2.47 bits per heavy atom. The van der Waals surface area contributed by atoms with E-state index in [0.29, 0.717) is 6.54 Å². The van der Waals surface area contributed by atoms with E-state index >= 15 is 0 Å². The Balaban J connectivity index is 1.98. The molecule has 17 heavy (non-hydrogen) atoms. The smallest absolute Gasteiger partial charge is 0.410 e. The number of aliphatic hydroxyl groups excluding tert-OH is 1. The quantitative estimate of drug-likeness (QED) is 0.813. The number of aliphatic hydroxyl groups is 1. The van der Waals surface area contributed by atoms with Gasteiger partial charge in [0.05, 0.1) is 13.2 Å². The standard InChI is InChI=1S/C11H17N3O3/c1-13-5-4-12-10(13)8-14(9-2-3-9)11(16)17-7-6-15/h4-5,9,15H,2-3,6-8H2,1H3. The first-order valence-corrected chi connectivity index (χ1v) is 5.73. The maximum absolute atomic E-state index is 11.8. The third-order valence-electron chi connectivity index (χ3n) is 2.77. The molecule has 1 aliphatic carbocycles. The van der Waals surface area contributed by atoms with Crippen LogP contribution >= 0.6 is 0 Å². The fraction of sp³-hybridized carbons (Fsp3) is 0.636. The highest BCUT2D eigenvalue weighted by Crippen LogP contribution is 2.28. The number of hydrogen-bond donors (Lipinski definition) is 1. The van der Waals surface area contributed by atoms with Crippen LogP contribution in [0.25, 0.3) is 0 Å². The van der Waals surface area contributed by atoms with Crippen LogP contribution in [0.1, 0.15) is 18.7 Å². The summed E-state index contributed by atoms with van der Waals surface area (Å²) in [5.74, 6) is 0.831. The first-order valence-electron chi connectivity index (χ1n) is 5.73. The molecule has 1 aliphatic rings. The molecule has 0 saturated heterocycles. The maximum Gasteiger partial charge on any atom is 0.410 e. The molecule has 2 rings (SSSR count). The summed E-state index contributed by atoms with van der Waals surface area (Å²) in [5.41, 5.74) is 0. The van der Waals surface area contributed by atoms with Crippen molar-refractivity contribution in [1.82, 2.24) is 14.5 Å². The van der Waals surface area contributed by atoms with Crippen LogP contribution in [0.2, 0.25) is 0 Å². The molecule has 0 aromatic carbocycles. The summed E-state index contributed by atoms with van der Waals surface area (Å²) in [4.78, 5) is 17.6. The van der Waals surface area contributed by atoms with Crippen molar-refractivity contribution in [2.45, 2.75) is 25.4 Å². The Hall–Kier alpha value is -1.56. The summed E-state index contributed by atoms with van der Waals surface area (Å²) in [5, 5.41) is 8.64. The molecule has 1 fully saturated rings. The second-order valence-corrected chi connectivity index (χ2v) is 4.15. The SMILES string of the molecule is Cn1ccnc1CN(C(=O)OCCO)C1CC1. The highest BCUT2D eigenvalue weighted by atomic mass is 16.6. The number of amides is 1. The van der Waals surface area contributed by atoms with Gasteiger partial charge in [0, 0.05) is 25.5 Å². The van der Waals surface area contributed by atoms with Crippen molar-refractivity contribution in [2.75, 3.05) is 13.2 Å². The zero-order valence-electron chi connectivity index (χ0n) is 9.87. The summed E-state index contributed by atoms with van der Waals surface area (Å²) in [7, 11) is 1.90. The Morgan fingerprint density at radius 3 is 3.00 bits per heavy atom. The highest BCUT2D eigenvalue weighted by molar-refractivity contribution is 5.68. The summed E-state index contributed by atoms with van der Waals surface area (Å²) in [6, 6.07) is 0.262. The number of carbonyl (C=O) groups is 1. The van der Waals surface area contributed by atoms with Gasteiger partial charge in [-0.1, -0.05) is 0 Å². The first kappa shape index (κ1) is 11.9. The van der Waals surface area contributed by atoms with E-state index in [4.69, 9.17) is 9.84 Å². The number of aromatic nitrogens is 2. The van der Waals surface area contributed by atoms with Crippen molar-refractivity contribution >= 4 is 6.09 Å². The summed E-state index contributed by atoms with van der Waals surface area (Å²) in [6.07, 6.45) is 5.21. The lowest BCUT2D eigenvalue weighted by Gasteiger charge is -2.21. The van der Waals surface area contributed by atoms with Crippen molar-refractivity contribution in [3.8, 4) is 0 Å². The van der Waals surface area contributed by atoms with E-state index in [1.54, 1.807) is 11.1 Å². The normalized spacial score (nSPS) is 14.7. The van der Waals surface area contributed by atoms with Crippen molar-refractivity contribution in [2.24, 2.45) is 7.05 Å². The zero-order valence-corrected chi connectivity index (χ0v) is 9.87. The number of imidazole rings is 1. The van der Waals surface area contributed by atoms with Crippen LogP contribution in [0, 0.1) is 0 Å². The number of rotatable bonds is 5. The van der Waals surface area contributed by atoms with Gasteiger partial charge >= 0.3 is 6.09 Å². The lowest BCUT2D eigenvalue weighted by atomic mass is 10.4. The van der Waals surface area contributed by atoms with Gasteiger partial charge in [0.2, 0.25) is 0 Å². The van der Waals surface area contributed by atoms with E-state index in [9.17, 15) is 4.79 Å². The van der Waals surface area contributed by atoms with Crippen LogP contribution in [-0.4, -0.2) is 44.9 Å². The maximum atomic E-state index is 11.8. The van der Waals surface area contributed by atoms with Gasteiger partial charge in [0.25, 0.3) is 0 Å². The van der Waals surface area contributed by atoms with Crippen LogP contribution < -0.4 is 0 Å². The molecule has 1 saturated carbocycles. The Morgan fingerprint density at radius 1 is 1.71 bits per heavy atom. The Labute approximate surface area is 99.8 Å². The van der Waals surface area contributed by atoms with Crippen molar-refractivity contribution in [1.29, 1.82) is 0 Å². The number of ether oxygens (including phenoxy) is 1. The molecule has 1 aromatic rings. The second-order valence-electron chi connectivity index (χ2n) is 4.15. The third-order valence-corrected chi connectivity index (χ3v) is 2.77. The molecule has 1 amide bonds. The molecule has 94 valence electrons. The molecular formula is C11H17N3O3. The average Bonchev–Trinajstić information content (AvgIpc) is 3.08. The minimum absolute atomic E-state index is 0.0443. The minimum Gasteiger partial charge on any atom is -0.447 e. The molecule has 1 heterocycles. The average molecular weight is 239 g/mol. The van der Waals surface area contributed by atoms with Gasteiger partial charge in [0.1, 0.15) is 12.4 Å². The molecular weight excluding hydrogens is 222 g/mol. The monoisotopic (exact) mass is 239 g/mol. The largest absolute Gasteiger partial charge is 0.447 e. The topological polar surface area (TPSA) is 67.6 Å². The number of carbonyl (C=O) groups excluding carboxylic acids is 1. The van der Waals surface area contributed by atoms with E-state index in [2.05, 4.69) is 4.98 Å². The van der Waals surface area contributed by atoms with Crippen LogP contribution in [0.15, 0.2) is 12.4 Å². The van der Waals surface area contributed by atoms with Gasteiger partial charge < -0.3 is 14.4 Å². The van der Waals surface area contributed by atoms with E-state index in [1.807, 2.05) is 17.8 Å². The van der Waals surface area contributed by atoms with Crippen molar-refractivity contribution in [3.05, 3.63) is 18.2 Å². The van der Waals surface area contributed by atoms with E-state index in [0.717, 1.165) is 18.7 Å². The molecule has 0 aliphatic heterocycles. The molecule has 0 spiro atoms. The first-order chi connectivity index (χ1) is 8.22. The minimum atomic E-state index is -0.371. The van der Waals surface area contributed by atoms with Crippen LogP contribution in [0.3, 0.4) is 0 Å². The summed E-state index contributed by atoms with van der Waals surface area (Å²) >= 11 is 0. The molecule has 0 unspecified atom stereocenters.